The minimum absolute atomic E-state index is 0.106. The zero-order valence-electron chi connectivity index (χ0n) is 17.0. The van der Waals surface area contributed by atoms with Crippen molar-refractivity contribution in [2.45, 2.75) is 31.9 Å². The van der Waals surface area contributed by atoms with Crippen LogP contribution in [-0.2, 0) is 23.8 Å². The first-order valence-electron chi connectivity index (χ1n) is 9.76. The molecular weight excluding hydrogens is 409 g/mol. The van der Waals surface area contributed by atoms with Crippen molar-refractivity contribution in [2.75, 3.05) is 19.8 Å². The fraction of sp³-hybridized carbons (Fsp3) is 0.333. The van der Waals surface area contributed by atoms with E-state index in [0.717, 1.165) is 24.6 Å². The molecule has 7 nitrogen and oxygen atoms in total. The van der Waals surface area contributed by atoms with Crippen molar-refractivity contribution in [3.63, 3.8) is 0 Å². The molecule has 0 unspecified atom stereocenters. The summed E-state index contributed by atoms with van der Waals surface area (Å²) in [6, 6.07) is 3.15. The van der Waals surface area contributed by atoms with Gasteiger partial charge in [0.25, 0.3) is 5.91 Å². The van der Waals surface area contributed by atoms with Crippen LogP contribution in [0.3, 0.4) is 0 Å². The third-order valence-corrected chi connectivity index (χ3v) is 5.55. The number of aryl methyl sites for hydroxylation is 1. The minimum atomic E-state index is -4.60. The van der Waals surface area contributed by atoms with E-state index in [1.807, 2.05) is 5.10 Å². The van der Waals surface area contributed by atoms with E-state index >= 15 is 0 Å². The predicted octanol–water partition coefficient (Wildman–Crippen LogP) is 3.56. The number of rotatable bonds is 3. The predicted molar refractivity (Wildman–Crippen MR) is 111 cm³/mol. The van der Waals surface area contributed by atoms with Gasteiger partial charge in [-0.05, 0) is 48.9 Å². The smallest absolute Gasteiger partial charge is 0.398 e. The number of benzene rings is 1. The van der Waals surface area contributed by atoms with Crippen molar-refractivity contribution in [1.29, 1.82) is 5.41 Å². The van der Waals surface area contributed by atoms with Gasteiger partial charge in [0.1, 0.15) is 11.4 Å². The van der Waals surface area contributed by atoms with Gasteiger partial charge < -0.3 is 10.6 Å². The number of aromatic amines is 1. The Bertz CT molecular complexity index is 1210. The molecule has 162 valence electrons. The number of nitrogen functional groups attached to an aromatic ring is 1. The summed E-state index contributed by atoms with van der Waals surface area (Å²) in [6.07, 6.45) is -0.678. The molecule has 2 heterocycles. The van der Waals surface area contributed by atoms with Gasteiger partial charge in [-0.15, -0.1) is 0 Å². The molecule has 0 saturated heterocycles. The van der Waals surface area contributed by atoms with Crippen LogP contribution in [0.1, 0.15) is 35.2 Å². The Morgan fingerprint density at radius 2 is 1.87 bits per heavy atom. The summed E-state index contributed by atoms with van der Waals surface area (Å²) in [6.45, 7) is 0. The number of nitrogens with zero attached hydrogens (tertiary/aromatic N) is 3. The molecule has 2 aromatic heterocycles. The number of alkyl halides is 3. The Hall–Kier alpha value is -3.43. The second-order valence-corrected chi connectivity index (χ2v) is 7.78. The number of hydrogen-bond acceptors (Lipinski definition) is 5. The topological polar surface area (TPSA) is 112 Å². The van der Waals surface area contributed by atoms with Crippen LogP contribution in [0.5, 0.6) is 0 Å². The summed E-state index contributed by atoms with van der Waals surface area (Å²) in [5, 5.41) is 14.7. The number of nitrogens with two attached hydrogens (primary N) is 1. The van der Waals surface area contributed by atoms with Crippen LogP contribution in [0.25, 0.3) is 22.2 Å². The zero-order valence-corrected chi connectivity index (χ0v) is 17.0. The highest BCUT2D eigenvalue weighted by Gasteiger charge is 2.37. The molecule has 3 aromatic rings. The normalized spacial score (nSPS) is 13.8. The molecule has 0 aliphatic heterocycles. The van der Waals surface area contributed by atoms with Crippen molar-refractivity contribution in [1.82, 2.24) is 20.1 Å². The van der Waals surface area contributed by atoms with Gasteiger partial charge in [0.2, 0.25) is 0 Å². The van der Waals surface area contributed by atoms with Crippen molar-refractivity contribution in [3.8, 4) is 11.3 Å². The van der Waals surface area contributed by atoms with Gasteiger partial charge in [-0.3, -0.25) is 15.3 Å². The molecule has 0 bridgehead atoms. The van der Waals surface area contributed by atoms with Gasteiger partial charge in [-0.2, -0.15) is 18.3 Å². The van der Waals surface area contributed by atoms with Gasteiger partial charge in [0.05, 0.1) is 23.0 Å². The molecule has 0 atom stereocenters. The lowest BCUT2D eigenvalue weighted by Crippen LogP contribution is -2.30. The number of H-pyrrole nitrogens is 1. The molecule has 4 rings (SSSR count). The number of hydrogen-bond donors (Lipinski definition) is 3. The lowest BCUT2D eigenvalue weighted by molar-refractivity contribution is -0.140. The van der Waals surface area contributed by atoms with Crippen LogP contribution in [0.15, 0.2) is 18.3 Å². The summed E-state index contributed by atoms with van der Waals surface area (Å²) in [7, 11) is 3.09. The first kappa shape index (κ1) is 20.8. The highest BCUT2D eigenvalue weighted by atomic mass is 19.4. The molecule has 1 aliphatic rings. The van der Waals surface area contributed by atoms with Crippen LogP contribution in [-0.4, -0.2) is 45.8 Å². The maximum Gasteiger partial charge on any atom is 0.433 e. The molecule has 10 heteroatoms. The lowest BCUT2D eigenvalue weighted by Gasteiger charge is -2.24. The van der Waals surface area contributed by atoms with Crippen molar-refractivity contribution < 1.29 is 18.0 Å². The monoisotopic (exact) mass is 430 g/mol. The standard InChI is InChI=1S/C21H21F3N6O/c1-30(2)20(31)17(26)16-13(25)7-8-14-15(16)10-5-3-4-6-11(10)18(28-14)12-9-27-29-19(12)21(22,23)24/h7-9,26H,3-6,25H2,1-2H3,(H,27,29). The van der Waals surface area contributed by atoms with Crippen LogP contribution in [0.2, 0.25) is 0 Å². The number of fused-ring (bicyclic) bond motifs is 3. The average molecular weight is 430 g/mol. The van der Waals surface area contributed by atoms with E-state index in [4.69, 9.17) is 11.1 Å². The number of amides is 1. The summed E-state index contributed by atoms with van der Waals surface area (Å²) >= 11 is 0. The van der Waals surface area contributed by atoms with Gasteiger partial charge in [-0.25, -0.2) is 4.98 Å². The molecule has 0 fully saturated rings. The number of likely N-dealkylation sites (N-methyl/N-ethyl adjacent to an activating group) is 1. The number of nitrogens with one attached hydrogen (secondary N) is 2. The Morgan fingerprint density at radius 1 is 1.19 bits per heavy atom. The van der Waals surface area contributed by atoms with Crippen molar-refractivity contribution in [2.24, 2.45) is 0 Å². The maximum atomic E-state index is 13.5. The highest BCUT2D eigenvalue weighted by Crippen LogP contribution is 2.41. The van der Waals surface area contributed by atoms with Gasteiger partial charge in [-0.1, -0.05) is 0 Å². The Labute approximate surface area is 176 Å². The van der Waals surface area contributed by atoms with Gasteiger partial charge >= 0.3 is 6.18 Å². The van der Waals surface area contributed by atoms with E-state index in [1.54, 1.807) is 20.2 Å². The van der Waals surface area contributed by atoms with Crippen LogP contribution in [0.4, 0.5) is 18.9 Å². The zero-order chi connectivity index (χ0) is 22.5. The van der Waals surface area contributed by atoms with Crippen molar-refractivity contribution >= 4 is 28.2 Å². The number of aromatic nitrogens is 3. The summed E-state index contributed by atoms with van der Waals surface area (Å²) in [4.78, 5) is 18.3. The molecular formula is C21H21F3N6O. The molecule has 1 aliphatic carbocycles. The van der Waals surface area contributed by atoms with Crippen LogP contribution < -0.4 is 5.73 Å². The van der Waals surface area contributed by atoms with E-state index < -0.39 is 17.8 Å². The Balaban J connectivity index is 2.05. The number of carbonyl (C=O) groups excluding carboxylic acids is 1. The number of anilines is 1. The maximum absolute atomic E-state index is 13.5. The molecule has 0 radical (unpaired) electrons. The minimum Gasteiger partial charge on any atom is -0.398 e. The largest absolute Gasteiger partial charge is 0.433 e. The second-order valence-electron chi connectivity index (χ2n) is 7.78. The molecule has 31 heavy (non-hydrogen) atoms. The van der Waals surface area contributed by atoms with E-state index in [2.05, 4.69) is 10.1 Å². The van der Waals surface area contributed by atoms with E-state index in [9.17, 15) is 18.0 Å². The first-order chi connectivity index (χ1) is 14.6. The highest BCUT2D eigenvalue weighted by molar-refractivity contribution is 6.47. The quantitative estimate of drug-likeness (QED) is 0.436. The lowest BCUT2D eigenvalue weighted by atomic mass is 9.84. The fourth-order valence-electron chi connectivity index (χ4n) is 4.14. The van der Waals surface area contributed by atoms with Crippen molar-refractivity contribution in [3.05, 3.63) is 40.7 Å². The third kappa shape index (κ3) is 3.41. The van der Waals surface area contributed by atoms with E-state index in [-0.39, 0.29) is 28.2 Å². The van der Waals surface area contributed by atoms with E-state index in [0.29, 0.717) is 29.3 Å². The SMILES string of the molecule is CN(C)C(=O)C(=N)c1c(N)ccc2nc(-c3cn[nH]c3C(F)(F)F)c3c(c12)CCCC3. The molecule has 4 N–H and O–H groups in total. The van der Waals surface area contributed by atoms with Gasteiger partial charge in [0, 0.05) is 30.7 Å². The van der Waals surface area contributed by atoms with Gasteiger partial charge in [0.15, 0.2) is 0 Å². The molecule has 1 aromatic carbocycles. The summed E-state index contributed by atoms with van der Waals surface area (Å²) < 4.78 is 40.5. The first-order valence-corrected chi connectivity index (χ1v) is 9.76. The Kier molecular flexibility index (Phi) is 4.95. The fourth-order valence-corrected chi connectivity index (χ4v) is 4.14. The van der Waals surface area contributed by atoms with Crippen LogP contribution in [0, 0.1) is 5.41 Å². The third-order valence-electron chi connectivity index (χ3n) is 5.55. The van der Waals surface area contributed by atoms with E-state index in [1.165, 1.54) is 11.0 Å². The average Bonchev–Trinajstić information content (AvgIpc) is 3.22. The van der Waals surface area contributed by atoms with Crippen LogP contribution >= 0.6 is 0 Å². The Morgan fingerprint density at radius 3 is 2.52 bits per heavy atom. The molecule has 1 amide bonds. The number of pyridine rings is 1. The molecule has 0 spiro atoms. The summed E-state index contributed by atoms with van der Waals surface area (Å²) in [5.74, 6) is -0.512. The number of halogens is 3. The molecule has 0 saturated carbocycles. The number of carbonyl (C=O) groups is 1. The summed E-state index contributed by atoms with van der Waals surface area (Å²) in [5.41, 5.74) is 7.48. The second kappa shape index (κ2) is 7.36.